The number of aryl methyl sites for hydroxylation is 1. The number of halogens is 2. The molecule has 250 valence electrons. The monoisotopic (exact) mass is 713 g/mol. The van der Waals surface area contributed by atoms with Gasteiger partial charge in [0.15, 0.2) is 17.3 Å². The van der Waals surface area contributed by atoms with E-state index >= 15 is 0 Å². The molecule has 7 rings (SSSR count). The van der Waals surface area contributed by atoms with Crippen LogP contribution in [0.25, 0.3) is 0 Å². The summed E-state index contributed by atoms with van der Waals surface area (Å²) in [4.78, 5) is 24.6. The Kier molecular flexibility index (Phi) is 11.3. The van der Waals surface area contributed by atoms with Crippen LogP contribution in [0.4, 0.5) is 11.4 Å². The van der Waals surface area contributed by atoms with Crippen molar-refractivity contribution < 1.29 is 67.9 Å². The minimum Gasteiger partial charge on any atom is -0.545 e. The van der Waals surface area contributed by atoms with E-state index in [0.29, 0.717) is 62.5 Å². The van der Waals surface area contributed by atoms with E-state index in [1.54, 1.807) is 50.6 Å². The molecule has 0 saturated heterocycles. The van der Waals surface area contributed by atoms with Gasteiger partial charge in [0.1, 0.15) is 36.1 Å². The molecule has 0 bridgehead atoms. The topological polar surface area (TPSA) is 115 Å². The number of Topliss-reactive ketones (excluding diaryl/α,β-unsaturated/α-hetero) is 1. The third kappa shape index (κ3) is 7.05. The summed E-state index contributed by atoms with van der Waals surface area (Å²) in [5.41, 5.74) is 4.14. The Balaban J connectivity index is 0.000000205. The van der Waals surface area contributed by atoms with Gasteiger partial charge in [-0.2, -0.15) is 0 Å². The van der Waals surface area contributed by atoms with Crippen LogP contribution in [0, 0.1) is 12.8 Å². The second-order valence-electron chi connectivity index (χ2n) is 12.1. The van der Waals surface area contributed by atoms with E-state index in [1.807, 2.05) is 25.1 Å². The number of hydrogen-bond donors (Lipinski definition) is 1. The van der Waals surface area contributed by atoms with Crippen LogP contribution in [-0.2, 0) is 6.42 Å². The van der Waals surface area contributed by atoms with Crippen LogP contribution < -0.4 is 63.7 Å². The number of ether oxygens (including phenoxy) is 5. The summed E-state index contributed by atoms with van der Waals surface area (Å²) in [6, 6.07) is 17.2. The number of hydrogen-bond acceptors (Lipinski definition) is 9. The molecule has 4 aromatic carbocycles. The fraction of sp³-hybridized carbons (Fsp3) is 0.297. The molecular formula is C37H34Cl2NNaO8. The van der Waals surface area contributed by atoms with Gasteiger partial charge in [0.05, 0.1) is 47.4 Å². The van der Waals surface area contributed by atoms with E-state index in [2.05, 4.69) is 19.2 Å². The number of anilines is 2. The number of carboxylic acid groups (broad SMARTS) is 1. The molecule has 3 aliphatic heterocycles. The molecule has 49 heavy (non-hydrogen) atoms. The predicted octanol–water partition coefficient (Wildman–Crippen LogP) is 4.20. The number of methoxy groups -OCH3 is 2. The van der Waals surface area contributed by atoms with E-state index < -0.39 is 11.9 Å². The maximum atomic E-state index is 13.5. The SMILES string of the molecule is COc1cc2c(cc1OC)C1C(=O)c3ccc4c(c3OC1CO2)CC(C(C)C)O4.Cc1ccc(Cl)c(Nc2ccccc2C(=O)[O-])c1Cl.[Na+]. The van der Waals surface area contributed by atoms with Gasteiger partial charge >= 0.3 is 29.6 Å². The van der Waals surface area contributed by atoms with Gasteiger partial charge < -0.3 is 38.9 Å². The standard InChI is InChI=1S/C23H24O6.C14H11Cl2NO2.Na/c1-11(2)16-8-14-15(28-16)6-5-12-22(24)21-13-7-18(25-3)19(26-4)9-17(13)27-10-20(21)29-23(12)14;1-8-6-7-10(15)13(12(8)16)17-11-5-3-2-4-9(11)14(18)19;/h5-7,9,11,16,20-21H,8,10H2,1-4H3;2-7,17H,1H3,(H,18,19);/q;;+1/p-1. The molecule has 3 atom stereocenters. The number of fused-ring (bicyclic) bond motifs is 6. The maximum Gasteiger partial charge on any atom is 1.00 e. The molecule has 0 radical (unpaired) electrons. The van der Waals surface area contributed by atoms with Crippen molar-refractivity contribution >= 4 is 46.3 Å². The molecule has 0 saturated carbocycles. The van der Waals surface area contributed by atoms with Crippen molar-refractivity contribution in [3.63, 3.8) is 0 Å². The Hall–Kier alpha value is -3.60. The number of rotatable bonds is 6. The molecule has 0 fully saturated rings. The van der Waals surface area contributed by atoms with Crippen LogP contribution in [0.5, 0.6) is 28.7 Å². The Morgan fingerprint density at radius 2 is 1.69 bits per heavy atom. The first-order valence-electron chi connectivity index (χ1n) is 15.5. The number of aromatic carboxylic acids is 1. The van der Waals surface area contributed by atoms with Crippen molar-refractivity contribution in [3.05, 3.63) is 98.5 Å². The smallest absolute Gasteiger partial charge is 0.545 e. The molecule has 0 aromatic heterocycles. The third-order valence-corrected chi connectivity index (χ3v) is 9.58. The second-order valence-corrected chi connectivity index (χ2v) is 12.9. The van der Waals surface area contributed by atoms with Crippen LogP contribution in [0.3, 0.4) is 0 Å². The van der Waals surface area contributed by atoms with Crippen molar-refractivity contribution in [2.75, 3.05) is 26.1 Å². The molecular weight excluding hydrogens is 680 g/mol. The fourth-order valence-electron chi connectivity index (χ4n) is 6.14. The fourth-order valence-corrected chi connectivity index (χ4v) is 6.60. The van der Waals surface area contributed by atoms with Gasteiger partial charge in [-0.3, -0.25) is 4.79 Å². The molecule has 4 aromatic rings. The first-order chi connectivity index (χ1) is 23.0. The van der Waals surface area contributed by atoms with E-state index in [-0.39, 0.29) is 53.1 Å². The van der Waals surface area contributed by atoms with Crippen LogP contribution in [0.1, 0.15) is 57.2 Å². The van der Waals surface area contributed by atoms with Crippen molar-refractivity contribution in [3.8, 4) is 28.7 Å². The maximum absolute atomic E-state index is 13.5. The van der Waals surface area contributed by atoms with Gasteiger partial charge in [-0.15, -0.1) is 0 Å². The largest absolute Gasteiger partial charge is 1.00 e. The molecule has 0 aliphatic carbocycles. The minimum absolute atomic E-state index is 0. The number of carboxylic acids is 1. The summed E-state index contributed by atoms with van der Waals surface area (Å²) >= 11 is 12.2. The Labute approximate surface area is 317 Å². The first kappa shape index (κ1) is 36.7. The number of carbonyl (C=O) groups excluding carboxylic acids is 2. The molecule has 9 nitrogen and oxygen atoms in total. The van der Waals surface area contributed by atoms with Crippen LogP contribution in [-0.4, -0.2) is 44.8 Å². The van der Waals surface area contributed by atoms with Crippen LogP contribution >= 0.6 is 23.2 Å². The molecule has 3 heterocycles. The summed E-state index contributed by atoms with van der Waals surface area (Å²) in [5, 5.41) is 14.9. The molecule has 0 spiro atoms. The summed E-state index contributed by atoms with van der Waals surface area (Å²) in [7, 11) is 3.16. The zero-order chi connectivity index (χ0) is 34.3. The Morgan fingerprint density at radius 1 is 0.980 bits per heavy atom. The van der Waals surface area contributed by atoms with Gasteiger partial charge in [0.25, 0.3) is 0 Å². The van der Waals surface area contributed by atoms with Crippen LogP contribution in [0.2, 0.25) is 10.0 Å². The molecule has 3 aliphatic rings. The molecule has 0 amide bonds. The normalized spacial score (nSPS) is 18.0. The van der Waals surface area contributed by atoms with E-state index in [9.17, 15) is 14.7 Å². The molecule has 12 heteroatoms. The van der Waals surface area contributed by atoms with Gasteiger partial charge in [-0.1, -0.05) is 61.3 Å². The number of carbonyl (C=O) groups is 2. The molecule has 1 N–H and O–H groups in total. The third-order valence-electron chi connectivity index (χ3n) is 8.78. The van der Waals surface area contributed by atoms with Gasteiger partial charge in [-0.25, -0.2) is 0 Å². The Morgan fingerprint density at radius 3 is 2.39 bits per heavy atom. The average Bonchev–Trinajstić information content (AvgIpc) is 3.54. The van der Waals surface area contributed by atoms with Gasteiger partial charge in [-0.05, 0) is 48.7 Å². The van der Waals surface area contributed by atoms with Crippen molar-refractivity contribution in [2.45, 2.75) is 45.3 Å². The zero-order valence-corrected chi connectivity index (χ0v) is 31.5. The number of para-hydroxylation sites is 1. The number of ketones is 1. The number of nitrogens with one attached hydrogen (secondary N) is 1. The summed E-state index contributed by atoms with van der Waals surface area (Å²) < 4.78 is 29.2. The van der Waals surface area contributed by atoms with Gasteiger partial charge in [0, 0.05) is 34.9 Å². The van der Waals surface area contributed by atoms with Crippen molar-refractivity contribution in [2.24, 2.45) is 5.92 Å². The Bertz CT molecular complexity index is 1920. The number of benzene rings is 4. The average molecular weight is 715 g/mol. The zero-order valence-electron chi connectivity index (χ0n) is 28.0. The summed E-state index contributed by atoms with van der Waals surface area (Å²) in [6.07, 6.45) is 0.474. The van der Waals surface area contributed by atoms with Crippen LogP contribution in [0.15, 0.2) is 60.7 Å². The van der Waals surface area contributed by atoms with Crippen molar-refractivity contribution in [1.82, 2.24) is 0 Å². The molecule has 3 unspecified atom stereocenters. The summed E-state index contributed by atoms with van der Waals surface area (Å²) in [6.45, 7) is 6.42. The minimum atomic E-state index is -1.26. The van der Waals surface area contributed by atoms with Crippen molar-refractivity contribution in [1.29, 1.82) is 0 Å². The summed E-state index contributed by atoms with van der Waals surface area (Å²) in [5.74, 6) is 1.98. The quantitative estimate of drug-likeness (QED) is 0.294. The van der Waals surface area contributed by atoms with E-state index in [1.165, 1.54) is 6.07 Å². The first-order valence-corrected chi connectivity index (χ1v) is 16.2. The predicted molar refractivity (Wildman–Crippen MR) is 181 cm³/mol. The second kappa shape index (κ2) is 15.1. The van der Waals surface area contributed by atoms with Gasteiger partial charge in [0.2, 0.25) is 0 Å². The van der Waals surface area contributed by atoms with E-state index in [0.717, 1.165) is 28.9 Å². The van der Waals surface area contributed by atoms with E-state index in [4.69, 9.17) is 46.9 Å².